The van der Waals surface area contributed by atoms with Gasteiger partial charge in [0.1, 0.15) is 12.4 Å². The molecule has 0 atom stereocenters. The molecule has 0 saturated carbocycles. The van der Waals surface area contributed by atoms with Crippen molar-refractivity contribution in [2.75, 3.05) is 13.2 Å². The van der Waals surface area contributed by atoms with Crippen LogP contribution in [-0.2, 0) is 6.54 Å². The molecule has 0 radical (unpaired) electrons. The van der Waals surface area contributed by atoms with Gasteiger partial charge in [0.2, 0.25) is 0 Å². The van der Waals surface area contributed by atoms with Crippen molar-refractivity contribution in [2.45, 2.75) is 20.4 Å². The van der Waals surface area contributed by atoms with Gasteiger partial charge >= 0.3 is 0 Å². The average Bonchev–Trinajstić information content (AvgIpc) is 2.34. The highest BCUT2D eigenvalue weighted by atomic mass is 79.9. The molecule has 1 rings (SSSR count). The summed E-state index contributed by atoms with van der Waals surface area (Å²) in [5, 5.41) is 3.29. The van der Waals surface area contributed by atoms with Crippen molar-refractivity contribution in [1.29, 1.82) is 0 Å². The van der Waals surface area contributed by atoms with Crippen LogP contribution in [0, 0.1) is 0 Å². The molecule has 2 nitrogen and oxygen atoms in total. The van der Waals surface area contributed by atoms with Gasteiger partial charge in [-0.15, -0.1) is 0 Å². The van der Waals surface area contributed by atoms with Gasteiger partial charge in [-0.3, -0.25) is 0 Å². The minimum atomic E-state index is 0.505. The minimum absolute atomic E-state index is 0.505. The van der Waals surface area contributed by atoms with Gasteiger partial charge in [-0.1, -0.05) is 30.7 Å². The Balaban J connectivity index is 2.80. The second-order valence-corrected chi connectivity index (χ2v) is 4.83. The number of hydrogen-bond acceptors (Lipinski definition) is 2. The quantitative estimate of drug-likeness (QED) is 0.853. The highest BCUT2D eigenvalue weighted by Crippen LogP contribution is 2.29. The predicted molar refractivity (Wildman–Crippen MR) is 76.6 cm³/mol. The van der Waals surface area contributed by atoms with Crippen LogP contribution in [-0.4, -0.2) is 13.2 Å². The van der Waals surface area contributed by atoms with Crippen LogP contribution < -0.4 is 10.1 Å². The number of ether oxygens (including phenoxy) is 1. The Morgan fingerprint density at radius 1 is 1.53 bits per heavy atom. The van der Waals surface area contributed by atoms with Crippen molar-refractivity contribution in [2.24, 2.45) is 0 Å². The molecule has 0 saturated heterocycles. The molecular formula is C13H17BrClNO. The van der Waals surface area contributed by atoms with E-state index in [0.717, 1.165) is 34.4 Å². The van der Waals surface area contributed by atoms with Crippen LogP contribution in [0.4, 0.5) is 0 Å². The Bertz CT molecular complexity index is 393. The molecule has 0 fully saturated rings. The molecule has 0 aliphatic carbocycles. The maximum atomic E-state index is 5.78. The third kappa shape index (κ3) is 4.70. The van der Waals surface area contributed by atoms with E-state index in [1.807, 2.05) is 19.1 Å². The van der Waals surface area contributed by atoms with Crippen LogP contribution in [0.5, 0.6) is 5.75 Å². The largest absolute Gasteiger partial charge is 0.488 e. The fourth-order valence-corrected chi connectivity index (χ4v) is 1.92. The Hall–Kier alpha value is -0.510. The summed E-state index contributed by atoms with van der Waals surface area (Å²) in [6.45, 7) is 6.26. The number of hydrogen-bond donors (Lipinski definition) is 1. The van der Waals surface area contributed by atoms with Gasteiger partial charge in [0, 0.05) is 17.6 Å². The highest BCUT2D eigenvalue weighted by molar-refractivity contribution is 9.10. The van der Waals surface area contributed by atoms with E-state index in [2.05, 4.69) is 34.2 Å². The van der Waals surface area contributed by atoms with Gasteiger partial charge < -0.3 is 10.1 Å². The fourth-order valence-electron chi connectivity index (χ4n) is 1.33. The molecule has 0 unspecified atom stereocenters. The van der Waals surface area contributed by atoms with E-state index in [4.69, 9.17) is 16.3 Å². The van der Waals surface area contributed by atoms with Crippen molar-refractivity contribution < 1.29 is 4.74 Å². The first kappa shape index (κ1) is 14.6. The molecule has 4 heteroatoms. The summed E-state index contributed by atoms with van der Waals surface area (Å²) in [7, 11) is 0. The van der Waals surface area contributed by atoms with Gasteiger partial charge in [-0.2, -0.15) is 0 Å². The summed E-state index contributed by atoms with van der Waals surface area (Å²) >= 11 is 9.12. The van der Waals surface area contributed by atoms with Crippen LogP contribution in [0.1, 0.15) is 19.4 Å². The summed E-state index contributed by atoms with van der Waals surface area (Å²) in [6, 6.07) is 6.04. The Morgan fingerprint density at radius 2 is 2.29 bits per heavy atom. The smallest absolute Gasteiger partial charge is 0.138 e. The molecule has 1 N–H and O–H groups in total. The molecule has 0 spiro atoms. The van der Waals surface area contributed by atoms with Gasteiger partial charge in [0.25, 0.3) is 0 Å². The summed E-state index contributed by atoms with van der Waals surface area (Å²) in [5.74, 6) is 0.881. The molecule has 0 aliphatic rings. The van der Waals surface area contributed by atoms with E-state index in [1.54, 1.807) is 5.54 Å². The Labute approximate surface area is 116 Å². The van der Waals surface area contributed by atoms with E-state index in [1.165, 1.54) is 0 Å². The van der Waals surface area contributed by atoms with E-state index in [9.17, 15) is 0 Å². The molecule has 0 amide bonds. The van der Waals surface area contributed by atoms with Gasteiger partial charge in [-0.05, 0) is 41.0 Å². The number of halogens is 2. The molecule has 0 aliphatic heterocycles. The van der Waals surface area contributed by atoms with E-state index in [-0.39, 0.29) is 0 Å². The molecule has 94 valence electrons. The second-order valence-electron chi connectivity index (χ2n) is 3.75. The van der Waals surface area contributed by atoms with Gasteiger partial charge in [0.05, 0.1) is 4.47 Å². The lowest BCUT2D eigenvalue weighted by Crippen LogP contribution is -2.13. The highest BCUT2D eigenvalue weighted by Gasteiger charge is 2.07. The first-order chi connectivity index (χ1) is 8.19. The standard InChI is InChI=1S/C13H17BrClNO/c1-3-16-8-11-5-4-6-12(14)13(11)17-9-10(2)7-15/h4-7,16H,3,8-9H2,1-2H3/b10-7+. The van der Waals surface area contributed by atoms with Crippen LogP contribution in [0.3, 0.4) is 0 Å². The zero-order valence-corrected chi connectivity index (χ0v) is 12.4. The summed E-state index contributed by atoms with van der Waals surface area (Å²) < 4.78 is 6.75. The summed E-state index contributed by atoms with van der Waals surface area (Å²) in [4.78, 5) is 0. The normalized spacial score (nSPS) is 11.6. The Morgan fingerprint density at radius 3 is 2.94 bits per heavy atom. The number of nitrogens with one attached hydrogen (secondary N) is 1. The van der Waals surface area contributed by atoms with Crippen LogP contribution >= 0.6 is 27.5 Å². The lowest BCUT2D eigenvalue weighted by atomic mass is 10.2. The first-order valence-corrected chi connectivity index (χ1v) is 6.78. The third-order valence-electron chi connectivity index (χ3n) is 2.24. The maximum absolute atomic E-state index is 5.78. The monoisotopic (exact) mass is 317 g/mol. The molecule has 1 aromatic carbocycles. The molecule has 0 bridgehead atoms. The van der Waals surface area contributed by atoms with Crippen molar-refractivity contribution in [3.63, 3.8) is 0 Å². The minimum Gasteiger partial charge on any atom is -0.488 e. The van der Waals surface area contributed by atoms with Gasteiger partial charge in [-0.25, -0.2) is 0 Å². The topological polar surface area (TPSA) is 21.3 Å². The number of rotatable bonds is 6. The summed E-state index contributed by atoms with van der Waals surface area (Å²) in [5.41, 5.74) is 3.68. The molecule has 1 aromatic rings. The predicted octanol–water partition coefficient (Wildman–Crippen LogP) is 4.08. The number of para-hydroxylation sites is 1. The summed E-state index contributed by atoms with van der Waals surface area (Å²) in [6.07, 6.45) is 0. The van der Waals surface area contributed by atoms with Crippen molar-refractivity contribution in [1.82, 2.24) is 5.32 Å². The molecule has 0 aromatic heterocycles. The van der Waals surface area contributed by atoms with Crippen molar-refractivity contribution in [3.8, 4) is 5.75 Å². The Kier molecular flexibility index (Phi) is 6.63. The lowest BCUT2D eigenvalue weighted by Gasteiger charge is -2.13. The molecule has 0 heterocycles. The zero-order chi connectivity index (χ0) is 12.7. The zero-order valence-electron chi connectivity index (χ0n) is 10.1. The van der Waals surface area contributed by atoms with Crippen molar-refractivity contribution in [3.05, 3.63) is 39.3 Å². The van der Waals surface area contributed by atoms with Crippen LogP contribution in [0.2, 0.25) is 0 Å². The third-order valence-corrected chi connectivity index (χ3v) is 3.24. The van der Waals surface area contributed by atoms with E-state index >= 15 is 0 Å². The first-order valence-electron chi connectivity index (χ1n) is 5.55. The maximum Gasteiger partial charge on any atom is 0.138 e. The lowest BCUT2D eigenvalue weighted by molar-refractivity contribution is 0.345. The number of benzene rings is 1. The molecular weight excluding hydrogens is 302 g/mol. The van der Waals surface area contributed by atoms with E-state index in [0.29, 0.717) is 6.61 Å². The van der Waals surface area contributed by atoms with Crippen LogP contribution in [0.15, 0.2) is 33.8 Å². The SMILES string of the molecule is CCNCc1cccc(Br)c1OC/C(C)=C/Cl. The van der Waals surface area contributed by atoms with Crippen molar-refractivity contribution >= 4 is 27.5 Å². The average molecular weight is 319 g/mol. The van der Waals surface area contributed by atoms with Gasteiger partial charge in [0.15, 0.2) is 0 Å². The van der Waals surface area contributed by atoms with Crippen LogP contribution in [0.25, 0.3) is 0 Å². The van der Waals surface area contributed by atoms with E-state index < -0.39 is 0 Å². The molecule has 17 heavy (non-hydrogen) atoms. The second kappa shape index (κ2) is 7.75. The fraction of sp³-hybridized carbons (Fsp3) is 0.385.